The maximum absolute atomic E-state index is 12.8. The quantitative estimate of drug-likeness (QED) is 0.796. The molecule has 6 heteroatoms. The molecule has 0 unspecified atom stereocenters. The first-order valence-corrected chi connectivity index (χ1v) is 9.64. The van der Waals surface area contributed by atoms with E-state index in [1.54, 1.807) is 12.3 Å². The minimum atomic E-state index is -0.0112. The Labute approximate surface area is 160 Å². The molecule has 1 aliphatic rings. The van der Waals surface area contributed by atoms with Crippen LogP contribution in [0.4, 0.5) is 0 Å². The predicted molar refractivity (Wildman–Crippen MR) is 104 cm³/mol. The van der Waals surface area contributed by atoms with Gasteiger partial charge in [0.05, 0.1) is 6.61 Å². The highest BCUT2D eigenvalue weighted by molar-refractivity contribution is 5.95. The molecule has 6 nitrogen and oxygen atoms in total. The lowest BCUT2D eigenvalue weighted by Crippen LogP contribution is -2.37. The summed E-state index contributed by atoms with van der Waals surface area (Å²) in [5.74, 6) is 0.783. The average Bonchev–Trinajstić information content (AvgIpc) is 3.12. The third kappa shape index (κ3) is 4.90. The smallest absolute Gasteiger partial charge is 0.270 e. The second-order valence-corrected chi connectivity index (χ2v) is 6.75. The second kappa shape index (κ2) is 9.26. The first-order valence-electron chi connectivity index (χ1n) is 9.64. The Kier molecular flexibility index (Phi) is 6.52. The second-order valence-electron chi connectivity index (χ2n) is 6.75. The average molecular weight is 369 g/mol. The van der Waals surface area contributed by atoms with E-state index in [2.05, 4.69) is 11.9 Å². The topological polar surface area (TPSA) is 65.6 Å². The fourth-order valence-electron chi connectivity index (χ4n) is 3.17. The SMILES string of the molecule is CCCCOc1ccc(C(=O)N2CCCN(C(=O)c3ccc[nH]3)CC2)cc1. The Morgan fingerprint density at radius 3 is 2.33 bits per heavy atom. The van der Waals surface area contributed by atoms with Crippen LogP contribution in [-0.2, 0) is 0 Å². The molecule has 2 amide bonds. The number of aromatic amines is 1. The third-order valence-electron chi connectivity index (χ3n) is 4.77. The molecule has 1 saturated heterocycles. The zero-order valence-corrected chi connectivity index (χ0v) is 15.8. The first-order chi connectivity index (χ1) is 13.2. The van der Waals surface area contributed by atoms with Gasteiger partial charge in [0.2, 0.25) is 0 Å². The standard InChI is InChI=1S/C21H27N3O3/c1-2-3-16-27-18-9-7-17(8-10-18)20(25)23-12-5-13-24(15-14-23)21(26)19-6-4-11-22-19/h4,6-11,22H,2-3,5,12-16H2,1H3. The predicted octanol–water partition coefficient (Wildman–Crippen LogP) is 3.18. The number of nitrogens with zero attached hydrogens (tertiary/aromatic N) is 2. The van der Waals surface area contributed by atoms with Crippen LogP contribution in [0.25, 0.3) is 0 Å². The number of rotatable bonds is 6. The van der Waals surface area contributed by atoms with Crippen molar-refractivity contribution < 1.29 is 14.3 Å². The summed E-state index contributed by atoms with van der Waals surface area (Å²) in [6.07, 6.45) is 4.63. The van der Waals surface area contributed by atoms with Gasteiger partial charge in [0.15, 0.2) is 0 Å². The fraction of sp³-hybridized carbons (Fsp3) is 0.429. The fourth-order valence-corrected chi connectivity index (χ4v) is 3.17. The van der Waals surface area contributed by atoms with E-state index < -0.39 is 0 Å². The van der Waals surface area contributed by atoms with Crippen molar-refractivity contribution in [3.05, 3.63) is 53.9 Å². The van der Waals surface area contributed by atoms with Gasteiger partial charge in [-0.05, 0) is 49.2 Å². The van der Waals surface area contributed by atoms with Crippen molar-refractivity contribution in [1.29, 1.82) is 0 Å². The van der Waals surface area contributed by atoms with Crippen LogP contribution in [0.1, 0.15) is 47.0 Å². The maximum atomic E-state index is 12.8. The van der Waals surface area contributed by atoms with E-state index in [1.807, 2.05) is 40.1 Å². The molecule has 0 saturated carbocycles. The lowest BCUT2D eigenvalue weighted by atomic mass is 10.2. The molecule has 2 aromatic rings. The molecule has 0 radical (unpaired) electrons. The van der Waals surface area contributed by atoms with E-state index in [1.165, 1.54) is 0 Å². The summed E-state index contributed by atoms with van der Waals surface area (Å²) >= 11 is 0. The van der Waals surface area contributed by atoms with Gasteiger partial charge in [-0.15, -0.1) is 0 Å². The number of amides is 2. The molecule has 0 atom stereocenters. The summed E-state index contributed by atoms with van der Waals surface area (Å²) in [6, 6.07) is 10.9. The molecule has 3 rings (SSSR count). The Balaban J connectivity index is 1.56. The van der Waals surface area contributed by atoms with Gasteiger partial charge in [-0.25, -0.2) is 0 Å². The van der Waals surface area contributed by atoms with Gasteiger partial charge in [0, 0.05) is 37.9 Å². The zero-order valence-electron chi connectivity index (χ0n) is 15.8. The number of hydrogen-bond acceptors (Lipinski definition) is 3. The molecule has 1 aliphatic heterocycles. The Morgan fingerprint density at radius 1 is 1.00 bits per heavy atom. The van der Waals surface area contributed by atoms with Crippen LogP contribution in [0.15, 0.2) is 42.6 Å². The lowest BCUT2D eigenvalue weighted by molar-refractivity contribution is 0.0716. The third-order valence-corrected chi connectivity index (χ3v) is 4.77. The number of carbonyl (C=O) groups is 2. The van der Waals surface area contributed by atoms with Crippen LogP contribution >= 0.6 is 0 Å². The maximum Gasteiger partial charge on any atom is 0.270 e. The highest BCUT2D eigenvalue weighted by Gasteiger charge is 2.23. The summed E-state index contributed by atoms with van der Waals surface area (Å²) in [5.41, 5.74) is 1.25. The number of hydrogen-bond donors (Lipinski definition) is 1. The van der Waals surface area contributed by atoms with Gasteiger partial charge in [0.25, 0.3) is 11.8 Å². The minimum Gasteiger partial charge on any atom is -0.494 e. The Hall–Kier alpha value is -2.76. The summed E-state index contributed by atoms with van der Waals surface area (Å²) in [6.45, 7) is 5.22. The van der Waals surface area contributed by atoms with E-state index in [-0.39, 0.29) is 11.8 Å². The molecule has 27 heavy (non-hydrogen) atoms. The molecule has 1 aromatic carbocycles. The number of carbonyl (C=O) groups excluding carboxylic acids is 2. The van der Waals surface area contributed by atoms with Gasteiger partial charge in [0.1, 0.15) is 11.4 Å². The number of ether oxygens (including phenoxy) is 1. The molecular weight excluding hydrogens is 342 g/mol. The molecule has 0 aliphatic carbocycles. The van der Waals surface area contributed by atoms with Crippen LogP contribution in [0.2, 0.25) is 0 Å². The van der Waals surface area contributed by atoms with Crippen molar-refractivity contribution in [2.45, 2.75) is 26.2 Å². The largest absolute Gasteiger partial charge is 0.494 e. The van der Waals surface area contributed by atoms with Crippen LogP contribution in [0, 0.1) is 0 Å². The van der Waals surface area contributed by atoms with E-state index in [0.717, 1.165) is 25.0 Å². The van der Waals surface area contributed by atoms with Gasteiger partial charge in [-0.3, -0.25) is 9.59 Å². The van der Waals surface area contributed by atoms with E-state index >= 15 is 0 Å². The van der Waals surface area contributed by atoms with Crippen molar-refractivity contribution in [2.75, 3.05) is 32.8 Å². The summed E-state index contributed by atoms with van der Waals surface area (Å²) in [5, 5.41) is 0. The van der Waals surface area contributed by atoms with Crippen molar-refractivity contribution >= 4 is 11.8 Å². The normalized spacial score (nSPS) is 14.7. The van der Waals surface area contributed by atoms with Gasteiger partial charge >= 0.3 is 0 Å². The molecule has 0 spiro atoms. The molecule has 1 aromatic heterocycles. The van der Waals surface area contributed by atoms with Crippen molar-refractivity contribution in [2.24, 2.45) is 0 Å². The van der Waals surface area contributed by atoms with Crippen molar-refractivity contribution in [3.63, 3.8) is 0 Å². The molecule has 1 N–H and O–H groups in total. The lowest BCUT2D eigenvalue weighted by Gasteiger charge is -2.22. The number of nitrogens with one attached hydrogen (secondary N) is 1. The van der Waals surface area contributed by atoms with Crippen LogP contribution in [-0.4, -0.2) is 59.4 Å². The summed E-state index contributed by atoms with van der Waals surface area (Å²) in [7, 11) is 0. The summed E-state index contributed by atoms with van der Waals surface area (Å²) < 4.78 is 5.65. The molecule has 2 heterocycles. The van der Waals surface area contributed by atoms with Crippen molar-refractivity contribution in [1.82, 2.24) is 14.8 Å². The van der Waals surface area contributed by atoms with Gasteiger partial charge in [-0.2, -0.15) is 0 Å². The summed E-state index contributed by atoms with van der Waals surface area (Å²) in [4.78, 5) is 31.9. The number of aromatic nitrogens is 1. The highest BCUT2D eigenvalue weighted by atomic mass is 16.5. The molecule has 0 bridgehead atoms. The minimum absolute atomic E-state index is 0.00396. The van der Waals surface area contributed by atoms with Gasteiger partial charge < -0.3 is 19.5 Å². The van der Waals surface area contributed by atoms with Crippen molar-refractivity contribution in [3.8, 4) is 5.75 Å². The molecule has 1 fully saturated rings. The number of benzene rings is 1. The Morgan fingerprint density at radius 2 is 1.70 bits per heavy atom. The van der Waals surface area contributed by atoms with Crippen LogP contribution in [0.3, 0.4) is 0 Å². The van der Waals surface area contributed by atoms with Crippen LogP contribution < -0.4 is 4.74 Å². The first kappa shape index (κ1) is 19.0. The Bertz CT molecular complexity index is 741. The van der Waals surface area contributed by atoms with E-state index in [4.69, 9.17) is 4.74 Å². The van der Waals surface area contributed by atoms with Crippen LogP contribution in [0.5, 0.6) is 5.75 Å². The molecular formula is C21H27N3O3. The monoisotopic (exact) mass is 369 g/mol. The van der Waals surface area contributed by atoms with Gasteiger partial charge in [-0.1, -0.05) is 13.3 Å². The number of H-pyrrole nitrogens is 1. The molecule has 144 valence electrons. The van der Waals surface area contributed by atoms with E-state index in [0.29, 0.717) is 44.0 Å². The highest BCUT2D eigenvalue weighted by Crippen LogP contribution is 2.16. The van der Waals surface area contributed by atoms with E-state index in [9.17, 15) is 9.59 Å². The number of unbranched alkanes of at least 4 members (excludes halogenated alkanes) is 1. The zero-order chi connectivity index (χ0) is 19.1.